The Morgan fingerprint density at radius 3 is 2.66 bits per heavy atom. The first-order valence-electron chi connectivity index (χ1n) is 10.2. The molecule has 4 aromatic rings. The van der Waals surface area contributed by atoms with Crippen molar-refractivity contribution >= 4 is 5.91 Å². The van der Waals surface area contributed by atoms with Gasteiger partial charge >= 0.3 is 0 Å². The van der Waals surface area contributed by atoms with Crippen molar-refractivity contribution in [3.8, 4) is 34.1 Å². The smallest absolute Gasteiger partial charge is 0.274 e. The third kappa shape index (κ3) is 4.34. The third-order valence-corrected chi connectivity index (χ3v) is 5.14. The normalized spacial score (nSPS) is 11.7. The van der Waals surface area contributed by atoms with Gasteiger partial charge in [0, 0.05) is 6.07 Å². The van der Waals surface area contributed by atoms with Crippen LogP contribution in [0.25, 0.3) is 22.6 Å². The van der Waals surface area contributed by atoms with Gasteiger partial charge in [-0.3, -0.25) is 4.79 Å². The largest absolute Gasteiger partial charge is 0.497 e. The van der Waals surface area contributed by atoms with E-state index in [0.717, 1.165) is 11.3 Å². The number of benzene rings is 2. The molecular weight excluding hydrogens is 408 g/mol. The van der Waals surface area contributed by atoms with Gasteiger partial charge in [-0.15, -0.1) is 0 Å². The Morgan fingerprint density at radius 1 is 1.12 bits per heavy atom. The molecule has 0 aliphatic carbocycles. The van der Waals surface area contributed by atoms with Gasteiger partial charge in [0.2, 0.25) is 0 Å². The van der Waals surface area contributed by atoms with Crippen LogP contribution in [0.2, 0.25) is 0 Å². The molecule has 2 heterocycles. The molecule has 8 heteroatoms. The summed E-state index contributed by atoms with van der Waals surface area (Å²) in [6.45, 7) is 1.98. The van der Waals surface area contributed by atoms with Crippen LogP contribution in [-0.4, -0.2) is 35.3 Å². The molecule has 0 bridgehead atoms. The van der Waals surface area contributed by atoms with Crippen LogP contribution >= 0.6 is 0 Å². The number of nitrogens with zero attached hydrogens (tertiary/aromatic N) is 2. The van der Waals surface area contributed by atoms with E-state index >= 15 is 0 Å². The maximum Gasteiger partial charge on any atom is 0.274 e. The molecule has 0 spiro atoms. The Labute approximate surface area is 185 Å². The van der Waals surface area contributed by atoms with Crippen LogP contribution in [-0.2, 0) is 0 Å². The molecule has 0 radical (unpaired) electrons. The molecule has 8 nitrogen and oxygen atoms in total. The number of rotatable bonds is 8. The summed E-state index contributed by atoms with van der Waals surface area (Å²) in [5.74, 6) is 1.96. The summed E-state index contributed by atoms with van der Waals surface area (Å²) in [5, 5.41) is 6.91. The van der Waals surface area contributed by atoms with Gasteiger partial charge in [0.1, 0.15) is 17.3 Å². The second kappa shape index (κ2) is 9.38. The van der Waals surface area contributed by atoms with Crippen molar-refractivity contribution in [2.75, 3.05) is 14.2 Å². The number of carbonyl (C=O) groups excluding carboxylic acids is 1. The number of aromatic nitrogens is 3. The first kappa shape index (κ1) is 21.2. The van der Waals surface area contributed by atoms with E-state index in [2.05, 4.69) is 20.4 Å². The van der Waals surface area contributed by atoms with Crippen LogP contribution in [0.4, 0.5) is 0 Å². The second-order valence-corrected chi connectivity index (χ2v) is 7.13. The van der Waals surface area contributed by atoms with Crippen molar-refractivity contribution in [3.63, 3.8) is 0 Å². The molecule has 1 unspecified atom stereocenters. The Kier molecular flexibility index (Phi) is 6.21. The third-order valence-electron chi connectivity index (χ3n) is 5.14. The minimum absolute atomic E-state index is 0.165. The zero-order chi connectivity index (χ0) is 22.5. The predicted octanol–water partition coefficient (Wildman–Crippen LogP) is 4.63. The van der Waals surface area contributed by atoms with E-state index < -0.39 is 0 Å². The number of nitrogens with one attached hydrogen (secondary N) is 2. The molecule has 0 fully saturated rings. The number of hydrogen-bond donors (Lipinski definition) is 2. The molecule has 4 rings (SSSR count). The van der Waals surface area contributed by atoms with Crippen LogP contribution in [0.15, 0.2) is 65.3 Å². The molecular formula is C24H24N4O4. The lowest BCUT2D eigenvalue weighted by atomic mass is 10.1. The molecule has 2 N–H and O–H groups in total. The molecule has 0 aliphatic rings. The topological polar surface area (TPSA) is 102 Å². The van der Waals surface area contributed by atoms with E-state index in [1.165, 1.54) is 0 Å². The molecule has 32 heavy (non-hydrogen) atoms. The van der Waals surface area contributed by atoms with Crippen molar-refractivity contribution in [1.82, 2.24) is 20.4 Å². The summed E-state index contributed by atoms with van der Waals surface area (Å²) in [6.07, 6.45) is 2.42. The Bertz CT molecular complexity index is 1200. The summed E-state index contributed by atoms with van der Waals surface area (Å²) in [5.41, 5.74) is 2.73. The fourth-order valence-electron chi connectivity index (χ4n) is 3.39. The quantitative estimate of drug-likeness (QED) is 0.421. The number of methoxy groups -OCH3 is 2. The number of amides is 1. The van der Waals surface area contributed by atoms with E-state index in [-0.39, 0.29) is 17.6 Å². The molecule has 1 amide bonds. The number of imidazole rings is 1. The summed E-state index contributed by atoms with van der Waals surface area (Å²) in [4.78, 5) is 20.6. The lowest BCUT2D eigenvalue weighted by Gasteiger charge is -2.13. The van der Waals surface area contributed by atoms with Crippen molar-refractivity contribution in [2.24, 2.45) is 0 Å². The van der Waals surface area contributed by atoms with Gasteiger partial charge in [0.15, 0.2) is 11.5 Å². The first-order valence-corrected chi connectivity index (χ1v) is 10.2. The number of hydrogen-bond acceptors (Lipinski definition) is 6. The lowest BCUT2D eigenvalue weighted by molar-refractivity contribution is 0.0925. The van der Waals surface area contributed by atoms with Crippen molar-refractivity contribution in [2.45, 2.75) is 19.4 Å². The minimum atomic E-state index is -0.355. The first-order chi connectivity index (χ1) is 15.6. The number of ether oxygens (including phenoxy) is 2. The molecule has 1 atom stereocenters. The van der Waals surface area contributed by atoms with Crippen LogP contribution in [0.3, 0.4) is 0 Å². The summed E-state index contributed by atoms with van der Waals surface area (Å²) in [7, 11) is 3.14. The van der Waals surface area contributed by atoms with E-state index in [0.29, 0.717) is 35.1 Å². The fourth-order valence-corrected chi connectivity index (χ4v) is 3.39. The molecule has 2 aromatic heterocycles. The van der Waals surface area contributed by atoms with Gasteiger partial charge < -0.3 is 24.3 Å². The van der Waals surface area contributed by atoms with Crippen molar-refractivity contribution in [3.05, 3.63) is 72.3 Å². The number of H-pyrrole nitrogens is 1. The van der Waals surface area contributed by atoms with E-state index in [1.807, 2.05) is 37.3 Å². The maximum atomic E-state index is 12.9. The van der Waals surface area contributed by atoms with Crippen molar-refractivity contribution in [1.29, 1.82) is 0 Å². The second-order valence-electron chi connectivity index (χ2n) is 7.13. The van der Waals surface area contributed by atoms with Crippen LogP contribution in [0.5, 0.6) is 11.5 Å². The molecule has 2 aromatic carbocycles. The fraction of sp³-hybridized carbons (Fsp3) is 0.208. The number of carbonyl (C=O) groups is 1. The van der Waals surface area contributed by atoms with Gasteiger partial charge in [0.25, 0.3) is 5.91 Å². The van der Waals surface area contributed by atoms with E-state index in [4.69, 9.17) is 14.0 Å². The zero-order valence-corrected chi connectivity index (χ0v) is 18.1. The molecule has 0 aliphatic heterocycles. The van der Waals surface area contributed by atoms with Gasteiger partial charge in [0.05, 0.1) is 37.7 Å². The van der Waals surface area contributed by atoms with Gasteiger partial charge in [-0.25, -0.2) is 4.98 Å². The SMILES string of the molecule is CCC(NC(=O)c1cc(-c2cc(OC)ccc2OC)on1)c1ncc(-c2ccccc2)[nH]1. The maximum absolute atomic E-state index is 12.9. The lowest BCUT2D eigenvalue weighted by Crippen LogP contribution is -2.29. The van der Waals surface area contributed by atoms with Gasteiger partial charge in [-0.05, 0) is 30.2 Å². The van der Waals surface area contributed by atoms with Gasteiger partial charge in [-0.1, -0.05) is 42.4 Å². The van der Waals surface area contributed by atoms with Crippen LogP contribution < -0.4 is 14.8 Å². The Hall–Kier alpha value is -4.07. The molecule has 0 saturated heterocycles. The van der Waals surface area contributed by atoms with E-state index in [1.54, 1.807) is 44.7 Å². The molecule has 164 valence electrons. The average Bonchev–Trinajstić information content (AvgIpc) is 3.53. The summed E-state index contributed by atoms with van der Waals surface area (Å²) >= 11 is 0. The van der Waals surface area contributed by atoms with Crippen molar-refractivity contribution < 1.29 is 18.8 Å². The van der Waals surface area contributed by atoms with Crippen LogP contribution in [0.1, 0.15) is 35.7 Å². The highest BCUT2D eigenvalue weighted by Crippen LogP contribution is 2.33. The Balaban J connectivity index is 1.52. The van der Waals surface area contributed by atoms with E-state index in [9.17, 15) is 4.79 Å². The molecule has 0 saturated carbocycles. The summed E-state index contributed by atoms with van der Waals surface area (Å²) < 4.78 is 16.1. The zero-order valence-electron chi connectivity index (χ0n) is 18.1. The minimum Gasteiger partial charge on any atom is -0.497 e. The standard InChI is InChI=1S/C24H24N4O4/c1-4-18(23-25-14-20(26-23)15-8-6-5-7-9-15)27-24(29)19-13-22(32-28-19)17-12-16(30-2)10-11-21(17)31-3/h5-14,18H,4H2,1-3H3,(H,25,26)(H,27,29). The predicted molar refractivity (Wildman–Crippen MR) is 120 cm³/mol. The van der Waals surface area contributed by atoms with Crippen LogP contribution in [0, 0.1) is 0 Å². The monoisotopic (exact) mass is 432 g/mol. The average molecular weight is 432 g/mol. The summed E-state index contributed by atoms with van der Waals surface area (Å²) in [6, 6.07) is 16.5. The Morgan fingerprint density at radius 2 is 1.94 bits per heavy atom. The van der Waals surface area contributed by atoms with Gasteiger partial charge in [-0.2, -0.15) is 0 Å². The highest BCUT2D eigenvalue weighted by atomic mass is 16.5. The number of aromatic amines is 1. The highest BCUT2D eigenvalue weighted by molar-refractivity contribution is 5.93. The highest BCUT2D eigenvalue weighted by Gasteiger charge is 2.21.